The van der Waals surface area contributed by atoms with E-state index in [9.17, 15) is 9.59 Å². The second-order valence-corrected chi connectivity index (χ2v) is 19.2. The van der Waals surface area contributed by atoms with E-state index in [1.54, 1.807) is 0 Å². The number of rotatable bonds is 10. The van der Waals surface area contributed by atoms with Gasteiger partial charge in [-0.3, -0.25) is 9.59 Å². The Labute approximate surface area is 388 Å². The number of benzene rings is 5. The SMILES string of the molecule is CN(C)C(c1ccccc1[PH+](c1ccccc1)c1ccccc1)c1cc[cH-]c1P(c1ccccc1)c1ccccc1.Cn1c(=O)[n-]n(C2C=CC=CC2)c1=O.[Cu+].[Fe+2].c1cc[cH-]c1. The van der Waals surface area contributed by atoms with Crippen molar-refractivity contribution in [2.45, 2.75) is 18.5 Å². The van der Waals surface area contributed by atoms with Gasteiger partial charge in [0.15, 0.2) is 5.69 Å². The molecular weight excluding hydrogens is 894 g/mol. The van der Waals surface area contributed by atoms with Crippen LogP contribution in [0.25, 0.3) is 0 Å². The van der Waals surface area contributed by atoms with E-state index >= 15 is 0 Å². The molecule has 0 fully saturated rings. The van der Waals surface area contributed by atoms with Crippen molar-refractivity contribution in [3.63, 3.8) is 0 Å². The molecule has 2 atom stereocenters. The van der Waals surface area contributed by atoms with Crippen LogP contribution in [0.15, 0.2) is 228 Å². The fourth-order valence-electron chi connectivity index (χ4n) is 7.54. The Bertz CT molecular complexity index is 2600. The molecule has 1 aliphatic rings. The molecule has 1 aliphatic carbocycles. The number of hydrogen-bond acceptors (Lipinski definition) is 3. The third-order valence-electron chi connectivity index (χ3n) is 10.3. The first-order chi connectivity index (χ1) is 29.4. The van der Waals surface area contributed by atoms with Crippen LogP contribution in [0.2, 0.25) is 0 Å². The van der Waals surface area contributed by atoms with Crippen LogP contribution < -0.4 is 48.3 Å². The molecule has 62 heavy (non-hydrogen) atoms. The van der Waals surface area contributed by atoms with Crippen molar-refractivity contribution < 1.29 is 34.1 Å². The maximum Gasteiger partial charge on any atom is 2.00 e. The Morgan fingerprint density at radius 2 is 1.21 bits per heavy atom. The van der Waals surface area contributed by atoms with Crippen LogP contribution in [-0.4, -0.2) is 28.2 Å². The van der Waals surface area contributed by atoms with Crippen molar-refractivity contribution in [2.24, 2.45) is 7.05 Å². The summed E-state index contributed by atoms with van der Waals surface area (Å²) < 4.78 is 2.23. The maximum absolute atomic E-state index is 11.5. The normalized spacial score (nSPS) is 13.3. The fraction of sp³-hybridized carbons (Fsp3) is 0.115. The van der Waals surface area contributed by atoms with E-state index in [2.05, 4.69) is 188 Å². The summed E-state index contributed by atoms with van der Waals surface area (Å²) in [5.41, 5.74) is 1.92. The van der Waals surface area contributed by atoms with Gasteiger partial charge in [0.05, 0.1) is 14.0 Å². The van der Waals surface area contributed by atoms with Crippen molar-refractivity contribution in [3.8, 4) is 0 Å². The van der Waals surface area contributed by atoms with E-state index in [-0.39, 0.29) is 51.9 Å². The molecule has 0 radical (unpaired) electrons. The van der Waals surface area contributed by atoms with E-state index in [4.69, 9.17) is 0 Å². The number of hydrogen-bond donors (Lipinski definition) is 0. The third kappa shape index (κ3) is 11.7. The molecule has 7 aromatic carbocycles. The first-order valence-corrected chi connectivity index (χ1v) is 23.0. The minimum atomic E-state index is -1.23. The van der Waals surface area contributed by atoms with E-state index in [1.807, 2.05) is 54.6 Å². The molecule has 0 spiro atoms. The minimum absolute atomic E-state index is 0. The summed E-state index contributed by atoms with van der Waals surface area (Å²) in [5.74, 6) is 0. The van der Waals surface area contributed by atoms with Crippen molar-refractivity contribution in [1.82, 2.24) is 19.2 Å². The largest absolute Gasteiger partial charge is 2.00 e. The van der Waals surface area contributed by atoms with Crippen molar-refractivity contribution in [3.05, 3.63) is 251 Å². The Balaban J connectivity index is 0.000000285. The Kier molecular flexibility index (Phi) is 18.5. The number of allylic oxidation sites excluding steroid dienone is 4. The molecule has 318 valence electrons. The monoisotopic (exact) mass is 943 g/mol. The standard InChI is InChI=1S/C38H34NP2.C9H11N3O2.C5H5.Cu.Fe/c1-39(2)38(35-27-17-29-37(35)41(32-22-11-5-12-23-32)33-24-13-6-14-25-33)34-26-15-16-28-36(34)40(30-18-7-3-8-19-30)31-20-9-4-10-21-31;1-11-8(13)10-12(9(11)14)7-5-3-2-4-6-7;1-2-4-5-3-1;;/h3-29,38H,1-2H3;2-5,7H,6H2,1H3,(H,10,13);1-5H;;/q-1;;-1;+1;+2. The van der Waals surface area contributed by atoms with Gasteiger partial charge in [0.25, 0.3) is 0 Å². The van der Waals surface area contributed by atoms with E-state index < -0.39 is 21.5 Å². The van der Waals surface area contributed by atoms with Crippen LogP contribution in [-0.2, 0) is 41.2 Å². The molecule has 2 unspecified atom stereocenters. The molecule has 0 saturated carbocycles. The predicted molar refractivity (Wildman–Crippen MR) is 256 cm³/mol. The Morgan fingerprint density at radius 1 is 0.677 bits per heavy atom. The summed E-state index contributed by atoms with van der Waals surface area (Å²) in [6, 6.07) is 70.4. The topological polar surface area (TPSA) is 61.3 Å². The van der Waals surface area contributed by atoms with Gasteiger partial charge in [-0.25, -0.2) is 18.2 Å². The van der Waals surface area contributed by atoms with Gasteiger partial charge in [-0.1, -0.05) is 147 Å². The second kappa shape index (κ2) is 23.9. The summed E-state index contributed by atoms with van der Waals surface area (Å²) in [4.78, 5) is 25.0. The molecule has 10 heteroatoms. The van der Waals surface area contributed by atoms with Crippen molar-refractivity contribution in [2.75, 3.05) is 14.1 Å². The zero-order valence-electron chi connectivity index (χ0n) is 34.9. The van der Waals surface area contributed by atoms with Gasteiger partial charge < -0.3 is 19.2 Å². The number of nitrogens with zero attached hydrogens (tertiary/aromatic N) is 4. The smallest absolute Gasteiger partial charge is 0.366 e. The van der Waals surface area contributed by atoms with E-state index in [0.717, 1.165) is 4.57 Å². The van der Waals surface area contributed by atoms with Crippen molar-refractivity contribution >= 4 is 47.7 Å². The molecule has 0 bridgehead atoms. The van der Waals surface area contributed by atoms with Gasteiger partial charge in [-0.2, -0.15) is 35.9 Å². The predicted octanol–water partition coefficient (Wildman–Crippen LogP) is 7.27. The van der Waals surface area contributed by atoms with E-state index in [1.165, 1.54) is 54.7 Å². The van der Waals surface area contributed by atoms with Crippen LogP contribution in [0, 0.1) is 0 Å². The van der Waals surface area contributed by atoms with Crippen LogP contribution >= 0.6 is 15.8 Å². The average Bonchev–Trinajstić information content (AvgIpc) is 4.09. The average molecular weight is 944 g/mol. The van der Waals surface area contributed by atoms with Gasteiger partial charge in [0.2, 0.25) is 5.69 Å². The van der Waals surface area contributed by atoms with Gasteiger partial charge in [-0.05, 0) is 69.4 Å². The third-order valence-corrected chi connectivity index (χ3v) is 15.7. The molecule has 0 aliphatic heterocycles. The van der Waals surface area contributed by atoms with Crippen LogP contribution in [0.3, 0.4) is 0 Å². The van der Waals surface area contributed by atoms with Crippen molar-refractivity contribution in [1.29, 1.82) is 0 Å². The fourth-order valence-corrected chi connectivity index (χ4v) is 12.8. The Morgan fingerprint density at radius 3 is 1.68 bits per heavy atom. The molecule has 0 amide bonds. The first-order valence-electron chi connectivity index (χ1n) is 20.1. The summed E-state index contributed by atoms with van der Waals surface area (Å²) in [6.07, 6.45) is 8.25. The molecule has 0 saturated heterocycles. The zero-order valence-corrected chi connectivity index (χ0v) is 38.8. The summed E-state index contributed by atoms with van der Waals surface area (Å²) in [5, 5.41) is 12.1. The van der Waals surface area contributed by atoms with Gasteiger partial charge in [0.1, 0.15) is 15.9 Å². The van der Waals surface area contributed by atoms with Crippen LogP contribution in [0.4, 0.5) is 0 Å². The quantitative estimate of drug-likeness (QED) is 0.0824. The molecule has 8 aromatic rings. The van der Waals surface area contributed by atoms with Gasteiger partial charge in [-0.15, -0.1) is 5.30 Å². The molecular formula is C52H50CuFeN4O2P2+. The number of aromatic nitrogens is 3. The molecule has 1 aromatic heterocycles. The zero-order chi connectivity index (χ0) is 41.7. The minimum Gasteiger partial charge on any atom is -0.366 e. The summed E-state index contributed by atoms with van der Waals surface area (Å²) >= 11 is 0. The summed E-state index contributed by atoms with van der Waals surface area (Å²) in [7, 11) is 3.94. The van der Waals surface area contributed by atoms with Gasteiger partial charge in [0, 0.05) is 11.6 Å². The molecule has 9 rings (SSSR count). The maximum atomic E-state index is 11.5. The van der Waals surface area contributed by atoms with E-state index in [0.29, 0.717) is 6.42 Å². The first kappa shape index (κ1) is 47.9. The van der Waals surface area contributed by atoms with Gasteiger partial charge >= 0.3 is 34.1 Å². The molecule has 1 heterocycles. The van der Waals surface area contributed by atoms with Crippen LogP contribution in [0.5, 0.6) is 0 Å². The van der Waals surface area contributed by atoms with Crippen LogP contribution in [0.1, 0.15) is 29.6 Å². The second-order valence-electron chi connectivity index (χ2n) is 14.6. The Hall–Kier alpha value is -5.12. The molecule has 0 N–H and O–H groups in total. The molecule has 6 nitrogen and oxygen atoms in total. The summed E-state index contributed by atoms with van der Waals surface area (Å²) in [6.45, 7) is 0.